The van der Waals surface area contributed by atoms with Gasteiger partial charge in [0.15, 0.2) is 0 Å². The zero-order chi connectivity index (χ0) is 8.27. The molecule has 11 heavy (non-hydrogen) atoms. The molecule has 1 rings (SSSR count). The summed E-state index contributed by atoms with van der Waals surface area (Å²) in [6, 6.07) is 2.17. The normalized spacial score (nSPS) is 13.4. The molecule has 62 valence electrons. The fourth-order valence-electron chi connectivity index (χ4n) is 0.990. The van der Waals surface area contributed by atoms with E-state index in [9.17, 15) is 0 Å². The Morgan fingerprint density at radius 1 is 1.64 bits per heavy atom. The lowest BCUT2D eigenvalue weighted by atomic mass is 10.2. The van der Waals surface area contributed by atoms with Crippen LogP contribution in [0.2, 0.25) is 0 Å². The van der Waals surface area contributed by atoms with Gasteiger partial charge in [-0.2, -0.15) is 0 Å². The Balaban J connectivity index is 2.44. The first-order valence-corrected chi connectivity index (χ1v) is 5.19. The van der Waals surface area contributed by atoms with E-state index >= 15 is 0 Å². The van der Waals surface area contributed by atoms with Crippen LogP contribution in [0.5, 0.6) is 0 Å². The van der Waals surface area contributed by atoms with Crippen molar-refractivity contribution in [2.75, 3.05) is 0 Å². The second-order valence-electron chi connectivity index (χ2n) is 2.85. The molecule has 0 aliphatic heterocycles. The molecule has 0 fully saturated rings. The van der Waals surface area contributed by atoms with Crippen LogP contribution in [0.15, 0.2) is 11.4 Å². The van der Waals surface area contributed by atoms with Crippen LogP contribution in [0.1, 0.15) is 23.8 Å². The van der Waals surface area contributed by atoms with Crippen molar-refractivity contribution in [3.63, 3.8) is 0 Å². The predicted molar refractivity (Wildman–Crippen MR) is 52.7 cm³/mol. The Morgan fingerprint density at radius 2 is 2.36 bits per heavy atom. The number of hydrogen-bond donors (Lipinski definition) is 0. The summed E-state index contributed by atoms with van der Waals surface area (Å²) in [6.07, 6.45) is 2.22. The first-order chi connectivity index (χ1) is 5.20. The Kier molecular flexibility index (Phi) is 3.41. The molecule has 0 aliphatic rings. The average molecular weight is 189 g/mol. The molecule has 0 amide bonds. The monoisotopic (exact) mass is 188 g/mol. The van der Waals surface area contributed by atoms with Gasteiger partial charge >= 0.3 is 0 Å². The second kappa shape index (κ2) is 4.13. The minimum atomic E-state index is 0.302. The van der Waals surface area contributed by atoms with Gasteiger partial charge in [-0.25, -0.2) is 0 Å². The number of hydrogen-bond acceptors (Lipinski definition) is 1. The van der Waals surface area contributed by atoms with Crippen LogP contribution in [0.4, 0.5) is 0 Å². The lowest BCUT2D eigenvalue weighted by molar-refractivity contribution is 0.809. The van der Waals surface area contributed by atoms with Gasteiger partial charge in [-0.1, -0.05) is 0 Å². The summed E-state index contributed by atoms with van der Waals surface area (Å²) in [4.78, 5) is 1.48. The van der Waals surface area contributed by atoms with E-state index < -0.39 is 0 Å². The van der Waals surface area contributed by atoms with Crippen LogP contribution in [0.3, 0.4) is 0 Å². The van der Waals surface area contributed by atoms with Crippen molar-refractivity contribution >= 4 is 22.9 Å². The van der Waals surface area contributed by atoms with Gasteiger partial charge in [0.05, 0.1) is 0 Å². The summed E-state index contributed by atoms with van der Waals surface area (Å²) in [5, 5.41) is 2.44. The molecule has 0 aliphatic carbocycles. The smallest absolute Gasteiger partial charge is 0.0311 e. The molecule has 0 nitrogen and oxygen atoms in total. The number of rotatable bonds is 3. The molecule has 1 aromatic heterocycles. The van der Waals surface area contributed by atoms with Crippen LogP contribution in [0, 0.1) is 6.92 Å². The standard InChI is InChI=1S/C9H13ClS/c1-7-5-6-11-9(7)4-3-8(2)10/h5-6,8H,3-4H2,1-2H3. The molecule has 1 unspecified atom stereocenters. The third kappa shape index (κ3) is 2.84. The highest BCUT2D eigenvalue weighted by molar-refractivity contribution is 7.10. The maximum Gasteiger partial charge on any atom is 0.0311 e. The van der Waals surface area contributed by atoms with Gasteiger partial charge < -0.3 is 0 Å². The molecule has 0 N–H and O–H groups in total. The zero-order valence-corrected chi connectivity index (χ0v) is 8.50. The molecule has 0 spiro atoms. The van der Waals surface area contributed by atoms with E-state index in [0.29, 0.717) is 5.38 Å². The molecule has 1 heterocycles. The maximum absolute atomic E-state index is 5.85. The van der Waals surface area contributed by atoms with Crippen molar-refractivity contribution in [3.05, 3.63) is 21.9 Å². The topological polar surface area (TPSA) is 0 Å². The lowest BCUT2D eigenvalue weighted by Gasteiger charge is -2.00. The zero-order valence-electron chi connectivity index (χ0n) is 6.93. The van der Waals surface area contributed by atoms with Crippen molar-refractivity contribution in [3.8, 4) is 0 Å². The third-order valence-electron chi connectivity index (χ3n) is 1.74. The van der Waals surface area contributed by atoms with E-state index in [2.05, 4.69) is 18.4 Å². The van der Waals surface area contributed by atoms with Crippen molar-refractivity contribution in [1.82, 2.24) is 0 Å². The first kappa shape index (κ1) is 9.08. The van der Waals surface area contributed by atoms with Crippen molar-refractivity contribution in [2.45, 2.75) is 32.1 Å². The molecule has 2 heteroatoms. The quantitative estimate of drug-likeness (QED) is 0.636. The Labute approximate surface area is 77.2 Å². The molecule has 0 saturated heterocycles. The number of thiophene rings is 1. The van der Waals surface area contributed by atoms with Gasteiger partial charge in [-0.05, 0) is 43.7 Å². The summed E-state index contributed by atoms with van der Waals surface area (Å²) in [7, 11) is 0. The second-order valence-corrected chi connectivity index (χ2v) is 4.59. The first-order valence-electron chi connectivity index (χ1n) is 3.87. The number of alkyl halides is 1. The van der Waals surface area contributed by atoms with E-state index in [1.807, 2.05) is 18.3 Å². The Hall–Kier alpha value is -0.0100. The highest BCUT2D eigenvalue weighted by Crippen LogP contribution is 2.18. The third-order valence-corrected chi connectivity index (χ3v) is 3.04. The van der Waals surface area contributed by atoms with Crippen LogP contribution in [0.25, 0.3) is 0 Å². The minimum Gasteiger partial charge on any atom is -0.149 e. The van der Waals surface area contributed by atoms with Gasteiger partial charge in [-0.15, -0.1) is 22.9 Å². The molecule has 0 aromatic carbocycles. The van der Waals surface area contributed by atoms with Crippen molar-refractivity contribution in [2.24, 2.45) is 0 Å². The highest BCUT2D eigenvalue weighted by Gasteiger charge is 2.01. The summed E-state index contributed by atoms with van der Waals surface area (Å²) >= 11 is 7.68. The van der Waals surface area contributed by atoms with Crippen LogP contribution in [-0.4, -0.2) is 5.38 Å². The predicted octanol–water partition coefficient (Wildman–Crippen LogP) is 3.62. The summed E-state index contributed by atoms with van der Waals surface area (Å²) in [5.74, 6) is 0. The average Bonchev–Trinajstić information content (AvgIpc) is 2.31. The van der Waals surface area contributed by atoms with E-state index in [4.69, 9.17) is 11.6 Å². The molecule has 0 saturated carbocycles. The van der Waals surface area contributed by atoms with E-state index in [-0.39, 0.29) is 0 Å². The van der Waals surface area contributed by atoms with Gasteiger partial charge in [0.1, 0.15) is 0 Å². The van der Waals surface area contributed by atoms with E-state index in [0.717, 1.165) is 12.8 Å². The fraction of sp³-hybridized carbons (Fsp3) is 0.556. The lowest BCUT2D eigenvalue weighted by Crippen LogP contribution is -1.93. The van der Waals surface area contributed by atoms with Gasteiger partial charge in [0, 0.05) is 10.3 Å². The maximum atomic E-state index is 5.85. The molecule has 1 atom stereocenters. The largest absolute Gasteiger partial charge is 0.149 e. The van der Waals surface area contributed by atoms with Crippen LogP contribution >= 0.6 is 22.9 Å². The van der Waals surface area contributed by atoms with Crippen molar-refractivity contribution in [1.29, 1.82) is 0 Å². The van der Waals surface area contributed by atoms with E-state index in [1.165, 1.54) is 10.4 Å². The van der Waals surface area contributed by atoms with Crippen LogP contribution < -0.4 is 0 Å². The van der Waals surface area contributed by atoms with Gasteiger partial charge in [0.25, 0.3) is 0 Å². The van der Waals surface area contributed by atoms with Crippen molar-refractivity contribution < 1.29 is 0 Å². The number of halogens is 1. The number of aryl methyl sites for hydroxylation is 2. The van der Waals surface area contributed by atoms with E-state index in [1.54, 1.807) is 0 Å². The highest BCUT2D eigenvalue weighted by atomic mass is 35.5. The van der Waals surface area contributed by atoms with Gasteiger partial charge in [-0.3, -0.25) is 0 Å². The molecule has 0 bridgehead atoms. The molecular formula is C9H13ClS. The Bertz CT molecular complexity index is 215. The minimum absolute atomic E-state index is 0.302. The summed E-state index contributed by atoms with van der Waals surface area (Å²) in [6.45, 7) is 4.20. The molecular weight excluding hydrogens is 176 g/mol. The van der Waals surface area contributed by atoms with Crippen LogP contribution in [-0.2, 0) is 6.42 Å². The molecule has 0 radical (unpaired) electrons. The fourth-order valence-corrected chi connectivity index (χ4v) is 2.03. The van der Waals surface area contributed by atoms with Gasteiger partial charge in [0.2, 0.25) is 0 Å². The summed E-state index contributed by atoms with van der Waals surface area (Å²) < 4.78 is 0. The Morgan fingerprint density at radius 3 is 2.82 bits per heavy atom. The SMILES string of the molecule is Cc1ccsc1CCC(C)Cl. The summed E-state index contributed by atoms with van der Waals surface area (Å²) in [5.41, 5.74) is 1.41. The molecule has 1 aromatic rings.